The molecule has 1 aliphatic heterocycles. The molecule has 1 aromatic heterocycles. The summed E-state index contributed by atoms with van der Waals surface area (Å²) >= 11 is 0. The van der Waals surface area contributed by atoms with Crippen LogP contribution in [0.5, 0.6) is 0 Å². The second-order valence-corrected chi connectivity index (χ2v) is 6.94. The molecule has 11 heteroatoms. The van der Waals surface area contributed by atoms with Crippen LogP contribution >= 0.6 is 0 Å². The predicted molar refractivity (Wildman–Crippen MR) is 96.7 cm³/mol. The molecule has 0 saturated heterocycles. The van der Waals surface area contributed by atoms with Gasteiger partial charge in [-0.05, 0) is 37.6 Å². The summed E-state index contributed by atoms with van der Waals surface area (Å²) in [6.07, 6.45) is 1.20. The number of alkyl halides is 4. The molecule has 1 aliphatic rings. The lowest BCUT2D eigenvalue weighted by Gasteiger charge is -2.33. The molecule has 0 saturated carbocycles. The zero-order valence-electron chi connectivity index (χ0n) is 15.7. The van der Waals surface area contributed by atoms with E-state index < -0.39 is 30.4 Å². The fraction of sp³-hybridized carbons (Fsp3) is 0.444. The summed E-state index contributed by atoms with van der Waals surface area (Å²) in [7, 11) is 0. The van der Waals surface area contributed by atoms with Crippen molar-refractivity contribution in [3.05, 3.63) is 47.0 Å². The Balaban J connectivity index is 1.91. The Hall–Kier alpha value is -2.69. The SMILES string of the molecule is Cc1cn(C(F)F)nc1CNc1ccc(F)c([C@@]2(C)N=C(N)COCC2(F)F)c1. The maximum absolute atomic E-state index is 14.7. The third-order valence-corrected chi connectivity index (χ3v) is 4.78. The zero-order valence-corrected chi connectivity index (χ0v) is 15.7. The van der Waals surface area contributed by atoms with Crippen LogP contribution in [0.2, 0.25) is 0 Å². The number of nitrogens with zero attached hydrogens (tertiary/aromatic N) is 3. The molecule has 6 nitrogen and oxygen atoms in total. The minimum atomic E-state index is -3.51. The first-order chi connectivity index (χ1) is 13.5. The topological polar surface area (TPSA) is 77.5 Å². The van der Waals surface area contributed by atoms with Gasteiger partial charge in [0.15, 0.2) is 5.54 Å². The first-order valence-corrected chi connectivity index (χ1v) is 8.70. The molecule has 3 N–H and O–H groups in total. The van der Waals surface area contributed by atoms with E-state index in [2.05, 4.69) is 15.4 Å². The van der Waals surface area contributed by atoms with Gasteiger partial charge in [0.05, 0.1) is 12.2 Å². The predicted octanol–water partition coefficient (Wildman–Crippen LogP) is 3.58. The van der Waals surface area contributed by atoms with Gasteiger partial charge in [-0.1, -0.05) is 0 Å². The Morgan fingerprint density at radius 3 is 2.72 bits per heavy atom. The second kappa shape index (κ2) is 7.62. The number of halogens is 5. The molecule has 2 heterocycles. The molecule has 0 fully saturated rings. The largest absolute Gasteiger partial charge is 0.385 e. The van der Waals surface area contributed by atoms with E-state index in [1.165, 1.54) is 18.3 Å². The van der Waals surface area contributed by atoms with E-state index in [0.717, 1.165) is 13.0 Å². The second-order valence-electron chi connectivity index (χ2n) is 6.94. The number of rotatable bonds is 5. The van der Waals surface area contributed by atoms with E-state index in [-0.39, 0.29) is 24.6 Å². The van der Waals surface area contributed by atoms with Crippen molar-refractivity contribution >= 4 is 11.5 Å². The Kier molecular flexibility index (Phi) is 5.52. The minimum absolute atomic E-state index is 0.0399. The Morgan fingerprint density at radius 2 is 2.07 bits per heavy atom. The third-order valence-electron chi connectivity index (χ3n) is 4.78. The summed E-state index contributed by atoms with van der Waals surface area (Å²) < 4.78 is 74.8. The van der Waals surface area contributed by atoms with Crippen LogP contribution in [0.4, 0.5) is 27.6 Å². The lowest BCUT2D eigenvalue weighted by Crippen LogP contribution is -2.45. The van der Waals surface area contributed by atoms with Gasteiger partial charge in [-0.2, -0.15) is 13.9 Å². The van der Waals surface area contributed by atoms with Crippen LogP contribution in [-0.4, -0.2) is 34.8 Å². The van der Waals surface area contributed by atoms with E-state index in [4.69, 9.17) is 10.5 Å². The molecule has 0 unspecified atom stereocenters. The number of amidine groups is 1. The molecule has 0 aliphatic carbocycles. The van der Waals surface area contributed by atoms with E-state index in [1.54, 1.807) is 6.92 Å². The molecule has 1 atom stereocenters. The van der Waals surface area contributed by atoms with Gasteiger partial charge in [0.2, 0.25) is 0 Å². The standard InChI is InChI=1S/C18H20F5N5O/c1-10-7-28(16(20)21)27-14(10)6-25-11-3-4-13(19)12(5-11)17(2)18(22,23)9-29-8-15(24)26-17/h3-5,7,16,25H,6,8-9H2,1-2H3,(H2,24,26)/t17-/m1/s1. The molecule has 3 rings (SSSR count). The molecule has 1 aromatic carbocycles. The summed E-state index contributed by atoms with van der Waals surface area (Å²) in [5.41, 5.74) is 4.14. The lowest BCUT2D eigenvalue weighted by molar-refractivity contribution is -0.116. The molecular formula is C18H20F5N5O. The zero-order chi connectivity index (χ0) is 21.4. The van der Waals surface area contributed by atoms with Crippen molar-refractivity contribution in [2.75, 3.05) is 18.5 Å². The molecule has 0 bridgehead atoms. The third kappa shape index (κ3) is 4.04. The van der Waals surface area contributed by atoms with Gasteiger partial charge in [0.1, 0.15) is 24.9 Å². The summed E-state index contributed by atoms with van der Waals surface area (Å²) in [5.74, 6) is -4.56. The molecule has 0 spiro atoms. The van der Waals surface area contributed by atoms with Gasteiger partial charge in [-0.25, -0.2) is 17.9 Å². The van der Waals surface area contributed by atoms with Crippen molar-refractivity contribution in [3.8, 4) is 0 Å². The van der Waals surface area contributed by atoms with Gasteiger partial charge in [0.25, 0.3) is 5.92 Å². The monoisotopic (exact) mass is 417 g/mol. The summed E-state index contributed by atoms with van der Waals surface area (Å²) in [4.78, 5) is 3.84. The highest BCUT2D eigenvalue weighted by Gasteiger charge is 2.54. The fourth-order valence-electron chi connectivity index (χ4n) is 3.07. The highest BCUT2D eigenvalue weighted by atomic mass is 19.3. The van der Waals surface area contributed by atoms with Crippen molar-refractivity contribution in [1.82, 2.24) is 9.78 Å². The number of nitrogens with one attached hydrogen (secondary N) is 1. The van der Waals surface area contributed by atoms with Gasteiger partial charge >= 0.3 is 6.55 Å². The smallest absolute Gasteiger partial charge is 0.333 e. The van der Waals surface area contributed by atoms with Gasteiger partial charge in [-0.15, -0.1) is 0 Å². The Bertz CT molecular complexity index is 929. The van der Waals surface area contributed by atoms with Crippen LogP contribution < -0.4 is 11.1 Å². The minimum Gasteiger partial charge on any atom is -0.385 e. The average Bonchev–Trinajstić information content (AvgIpc) is 2.96. The van der Waals surface area contributed by atoms with Crippen LogP contribution in [-0.2, 0) is 16.8 Å². The average molecular weight is 417 g/mol. The van der Waals surface area contributed by atoms with E-state index >= 15 is 0 Å². The maximum Gasteiger partial charge on any atom is 0.333 e. The number of aryl methyl sites for hydroxylation is 1. The Morgan fingerprint density at radius 1 is 1.34 bits per heavy atom. The number of aromatic nitrogens is 2. The van der Waals surface area contributed by atoms with Gasteiger partial charge < -0.3 is 15.8 Å². The van der Waals surface area contributed by atoms with Crippen LogP contribution in [0.15, 0.2) is 29.4 Å². The highest BCUT2D eigenvalue weighted by molar-refractivity contribution is 5.82. The number of hydrogen-bond donors (Lipinski definition) is 2. The van der Waals surface area contributed by atoms with Gasteiger partial charge in [0, 0.05) is 17.4 Å². The molecule has 0 radical (unpaired) electrons. The van der Waals surface area contributed by atoms with Crippen molar-refractivity contribution in [2.45, 2.75) is 38.4 Å². The normalized spacial score (nSPS) is 21.7. The quantitative estimate of drug-likeness (QED) is 0.730. The van der Waals surface area contributed by atoms with Crippen LogP contribution in [0.25, 0.3) is 0 Å². The molecule has 158 valence electrons. The van der Waals surface area contributed by atoms with Crippen molar-refractivity contribution < 1.29 is 26.7 Å². The first-order valence-electron chi connectivity index (χ1n) is 8.70. The fourth-order valence-corrected chi connectivity index (χ4v) is 3.07. The van der Waals surface area contributed by atoms with Gasteiger partial charge in [-0.3, -0.25) is 4.99 Å². The lowest BCUT2D eigenvalue weighted by atomic mass is 9.85. The van der Waals surface area contributed by atoms with Crippen molar-refractivity contribution in [1.29, 1.82) is 0 Å². The molecule has 2 aromatic rings. The number of nitrogens with two attached hydrogens (primary N) is 1. The van der Waals surface area contributed by atoms with Crippen molar-refractivity contribution in [2.24, 2.45) is 10.7 Å². The highest BCUT2D eigenvalue weighted by Crippen LogP contribution is 2.44. The van der Waals surface area contributed by atoms with Crippen LogP contribution in [0.3, 0.4) is 0 Å². The number of anilines is 1. The molecule has 29 heavy (non-hydrogen) atoms. The first kappa shape index (κ1) is 21.0. The summed E-state index contributed by atoms with van der Waals surface area (Å²) in [5, 5.41) is 6.66. The number of aliphatic imine (C=N–C) groups is 1. The number of benzene rings is 1. The number of ether oxygens (including phenoxy) is 1. The summed E-state index contributed by atoms with van der Waals surface area (Å²) in [6, 6.07) is 3.58. The summed E-state index contributed by atoms with van der Waals surface area (Å²) in [6.45, 7) is -1.28. The van der Waals surface area contributed by atoms with E-state index in [0.29, 0.717) is 21.6 Å². The Labute approximate surface area is 163 Å². The number of hydrogen-bond acceptors (Lipinski definition) is 5. The van der Waals surface area contributed by atoms with E-state index in [1.807, 2.05) is 0 Å². The maximum atomic E-state index is 14.7. The molecular weight excluding hydrogens is 397 g/mol. The van der Waals surface area contributed by atoms with Crippen LogP contribution in [0, 0.1) is 12.7 Å². The van der Waals surface area contributed by atoms with E-state index in [9.17, 15) is 22.0 Å². The van der Waals surface area contributed by atoms with Crippen LogP contribution in [0.1, 0.15) is 30.3 Å². The molecule has 0 amide bonds. The van der Waals surface area contributed by atoms with Crippen molar-refractivity contribution in [3.63, 3.8) is 0 Å².